The predicted molar refractivity (Wildman–Crippen MR) is 105 cm³/mol. The van der Waals surface area contributed by atoms with E-state index in [0.29, 0.717) is 12.0 Å². The number of aryl methyl sites for hydroxylation is 1. The molecule has 1 atom stereocenters. The van der Waals surface area contributed by atoms with E-state index in [1.54, 1.807) is 12.1 Å². The quantitative estimate of drug-likeness (QED) is 0.552. The Balaban J connectivity index is 0.000000204. The van der Waals surface area contributed by atoms with E-state index < -0.39 is 17.7 Å². The maximum absolute atomic E-state index is 13.6. The zero-order valence-corrected chi connectivity index (χ0v) is 15.8. The first-order chi connectivity index (χ1) is 14.0. The lowest BCUT2D eigenvalue weighted by Gasteiger charge is -2.05. The van der Waals surface area contributed by atoms with Crippen molar-refractivity contribution in [1.82, 2.24) is 14.6 Å². The second-order valence-electron chi connectivity index (χ2n) is 6.53. The molecule has 0 bridgehead atoms. The highest BCUT2D eigenvalue weighted by atomic mass is 19.1. The third kappa shape index (κ3) is 5.22. The summed E-state index contributed by atoms with van der Waals surface area (Å²) >= 11 is 0. The molecule has 0 saturated heterocycles. The molecule has 2 aromatic carbocycles. The lowest BCUT2D eigenvalue weighted by atomic mass is 10.1. The Kier molecular flexibility index (Phi) is 6.64. The minimum Gasteiger partial charge on any atom is -0.393 e. The van der Waals surface area contributed by atoms with Crippen molar-refractivity contribution in [2.24, 2.45) is 0 Å². The molecule has 0 spiro atoms. The molecular formula is C22H21F2N3O2. The zero-order chi connectivity index (χ0) is 20.8. The van der Waals surface area contributed by atoms with E-state index in [1.807, 2.05) is 47.9 Å². The third-order valence-electron chi connectivity index (χ3n) is 4.40. The monoisotopic (exact) mass is 397 g/mol. The number of pyridine rings is 1. The van der Waals surface area contributed by atoms with Crippen molar-refractivity contribution in [2.75, 3.05) is 6.61 Å². The van der Waals surface area contributed by atoms with Crippen LogP contribution in [0.3, 0.4) is 0 Å². The van der Waals surface area contributed by atoms with Crippen LogP contribution in [0.5, 0.6) is 0 Å². The van der Waals surface area contributed by atoms with Gasteiger partial charge in [-0.15, -0.1) is 10.2 Å². The molecule has 0 saturated carbocycles. The van der Waals surface area contributed by atoms with E-state index in [9.17, 15) is 8.78 Å². The number of aliphatic hydroxyl groups is 2. The standard InChI is InChI=1S/C14H11F2N3.C8H10O2/c1-9-17-18-14-5-2-10(8-19(9)14)6-11-3-4-12(15)7-13(11)16;9-6-8(10)7-4-2-1-3-5-7/h2-5,7-8H,6H2,1H3;1-5,8-10H,6H2. The summed E-state index contributed by atoms with van der Waals surface area (Å²) in [5.74, 6) is -0.316. The number of benzene rings is 2. The van der Waals surface area contributed by atoms with Crippen LogP contribution >= 0.6 is 0 Å². The van der Waals surface area contributed by atoms with Gasteiger partial charge in [0, 0.05) is 18.7 Å². The molecule has 0 fully saturated rings. The molecule has 1 unspecified atom stereocenters. The number of fused-ring (bicyclic) bond motifs is 1. The van der Waals surface area contributed by atoms with Crippen LogP contribution in [0.2, 0.25) is 0 Å². The molecule has 29 heavy (non-hydrogen) atoms. The van der Waals surface area contributed by atoms with Crippen LogP contribution in [0, 0.1) is 18.6 Å². The maximum Gasteiger partial charge on any atom is 0.160 e. The second-order valence-corrected chi connectivity index (χ2v) is 6.53. The molecule has 2 aromatic heterocycles. The van der Waals surface area contributed by atoms with Gasteiger partial charge in [-0.1, -0.05) is 42.5 Å². The Morgan fingerprint density at radius 3 is 2.45 bits per heavy atom. The Bertz CT molecular complexity index is 1080. The first-order valence-corrected chi connectivity index (χ1v) is 9.06. The van der Waals surface area contributed by atoms with Crippen molar-refractivity contribution < 1.29 is 19.0 Å². The summed E-state index contributed by atoms with van der Waals surface area (Å²) in [4.78, 5) is 0. The van der Waals surface area contributed by atoms with Crippen LogP contribution in [-0.4, -0.2) is 31.4 Å². The summed E-state index contributed by atoms with van der Waals surface area (Å²) in [5, 5.41) is 25.6. The van der Waals surface area contributed by atoms with Crippen LogP contribution in [0.15, 0.2) is 66.9 Å². The highest BCUT2D eigenvalue weighted by molar-refractivity contribution is 5.40. The van der Waals surface area contributed by atoms with Gasteiger partial charge < -0.3 is 10.2 Å². The summed E-state index contributed by atoms with van der Waals surface area (Å²) in [5.41, 5.74) is 2.89. The first kappa shape index (κ1) is 20.6. The number of rotatable bonds is 4. The molecule has 7 heteroatoms. The number of halogens is 2. The average molecular weight is 397 g/mol. The van der Waals surface area contributed by atoms with Crippen LogP contribution in [0.4, 0.5) is 8.78 Å². The summed E-state index contributed by atoms with van der Waals surface area (Å²) in [6, 6.07) is 16.4. The van der Waals surface area contributed by atoms with Crippen LogP contribution < -0.4 is 0 Å². The van der Waals surface area contributed by atoms with E-state index in [4.69, 9.17) is 10.2 Å². The summed E-state index contributed by atoms with van der Waals surface area (Å²) in [6.45, 7) is 1.63. The van der Waals surface area contributed by atoms with Gasteiger partial charge in [0.05, 0.1) is 6.61 Å². The second kappa shape index (κ2) is 9.36. The molecule has 5 nitrogen and oxygen atoms in total. The fourth-order valence-electron chi connectivity index (χ4n) is 2.82. The van der Waals surface area contributed by atoms with Gasteiger partial charge in [0.1, 0.15) is 23.6 Å². The number of aromatic nitrogens is 3. The fraction of sp³-hybridized carbons (Fsp3) is 0.182. The summed E-state index contributed by atoms with van der Waals surface area (Å²) in [6.07, 6.45) is 1.54. The molecule has 150 valence electrons. The number of nitrogens with zero attached hydrogens (tertiary/aromatic N) is 3. The Morgan fingerprint density at radius 1 is 1.00 bits per heavy atom. The molecule has 4 rings (SSSR count). The Labute approximate surface area is 166 Å². The van der Waals surface area contributed by atoms with Crippen molar-refractivity contribution in [3.8, 4) is 0 Å². The van der Waals surface area contributed by atoms with Crippen LogP contribution in [0.1, 0.15) is 28.6 Å². The first-order valence-electron chi connectivity index (χ1n) is 9.06. The summed E-state index contributed by atoms with van der Waals surface area (Å²) in [7, 11) is 0. The molecule has 2 N–H and O–H groups in total. The topological polar surface area (TPSA) is 70.7 Å². The van der Waals surface area contributed by atoms with Gasteiger partial charge in [0.15, 0.2) is 5.65 Å². The van der Waals surface area contributed by atoms with Crippen molar-refractivity contribution >= 4 is 5.65 Å². The lowest BCUT2D eigenvalue weighted by Crippen LogP contribution is -2.01. The highest BCUT2D eigenvalue weighted by Crippen LogP contribution is 2.16. The minimum atomic E-state index is -0.735. The van der Waals surface area contributed by atoms with Gasteiger partial charge in [-0.25, -0.2) is 8.78 Å². The Hall–Kier alpha value is -3.16. The largest absolute Gasteiger partial charge is 0.393 e. The van der Waals surface area contributed by atoms with Gasteiger partial charge in [-0.05, 0) is 35.7 Å². The van der Waals surface area contributed by atoms with Gasteiger partial charge in [-0.3, -0.25) is 4.40 Å². The smallest absolute Gasteiger partial charge is 0.160 e. The van der Waals surface area contributed by atoms with E-state index in [2.05, 4.69) is 10.2 Å². The van der Waals surface area contributed by atoms with Crippen molar-refractivity contribution in [1.29, 1.82) is 0 Å². The van der Waals surface area contributed by atoms with E-state index in [1.165, 1.54) is 12.1 Å². The van der Waals surface area contributed by atoms with Crippen molar-refractivity contribution in [3.63, 3.8) is 0 Å². The average Bonchev–Trinajstić information content (AvgIpc) is 3.11. The lowest BCUT2D eigenvalue weighted by molar-refractivity contribution is 0.0956. The summed E-state index contributed by atoms with van der Waals surface area (Å²) < 4.78 is 28.3. The third-order valence-corrected chi connectivity index (χ3v) is 4.40. The normalized spacial score (nSPS) is 11.8. The molecule has 2 heterocycles. The van der Waals surface area contributed by atoms with Gasteiger partial charge in [-0.2, -0.15) is 0 Å². The number of hydrogen-bond acceptors (Lipinski definition) is 4. The van der Waals surface area contributed by atoms with Gasteiger partial charge in [0.25, 0.3) is 0 Å². The molecule has 0 amide bonds. The predicted octanol–water partition coefficient (Wildman–Crippen LogP) is 3.62. The van der Waals surface area contributed by atoms with Crippen molar-refractivity contribution in [3.05, 3.63) is 101 Å². The SMILES string of the molecule is Cc1nnc2ccc(Cc3ccc(F)cc3F)cn12.OCC(O)c1ccccc1. The van der Waals surface area contributed by atoms with E-state index >= 15 is 0 Å². The number of aliphatic hydroxyl groups excluding tert-OH is 2. The van der Waals surface area contributed by atoms with Gasteiger partial charge in [0.2, 0.25) is 0 Å². The molecule has 0 aliphatic heterocycles. The molecular weight excluding hydrogens is 376 g/mol. The molecule has 0 aliphatic carbocycles. The van der Waals surface area contributed by atoms with E-state index in [0.717, 1.165) is 28.7 Å². The zero-order valence-electron chi connectivity index (χ0n) is 15.8. The molecule has 0 radical (unpaired) electrons. The Morgan fingerprint density at radius 2 is 1.76 bits per heavy atom. The van der Waals surface area contributed by atoms with Gasteiger partial charge >= 0.3 is 0 Å². The maximum atomic E-state index is 13.6. The van der Waals surface area contributed by atoms with Crippen LogP contribution in [0.25, 0.3) is 5.65 Å². The van der Waals surface area contributed by atoms with E-state index in [-0.39, 0.29) is 6.61 Å². The van der Waals surface area contributed by atoms with Crippen molar-refractivity contribution in [2.45, 2.75) is 19.4 Å². The molecule has 0 aliphatic rings. The molecule has 4 aromatic rings. The number of hydrogen-bond donors (Lipinski definition) is 2. The fourth-order valence-corrected chi connectivity index (χ4v) is 2.82. The highest BCUT2D eigenvalue weighted by Gasteiger charge is 2.07. The van der Waals surface area contributed by atoms with Crippen LogP contribution in [-0.2, 0) is 6.42 Å². The minimum absolute atomic E-state index is 0.218.